The Morgan fingerprint density at radius 3 is 2.36 bits per heavy atom. The Bertz CT molecular complexity index is 1180. The summed E-state index contributed by atoms with van der Waals surface area (Å²) < 4.78 is 10.9. The number of ether oxygens (including phenoxy) is 2. The van der Waals surface area contributed by atoms with Crippen molar-refractivity contribution < 1.29 is 29.3 Å². The highest BCUT2D eigenvalue weighted by atomic mass is 16.5. The van der Waals surface area contributed by atoms with Gasteiger partial charge in [-0.25, -0.2) is 0 Å². The number of esters is 1. The fourth-order valence-electron chi connectivity index (χ4n) is 3.86. The molecule has 0 aliphatic heterocycles. The van der Waals surface area contributed by atoms with Crippen LogP contribution in [0.3, 0.4) is 0 Å². The van der Waals surface area contributed by atoms with Crippen LogP contribution in [0.2, 0.25) is 0 Å². The van der Waals surface area contributed by atoms with E-state index in [2.05, 4.69) is 5.32 Å². The van der Waals surface area contributed by atoms with Crippen molar-refractivity contribution in [2.75, 3.05) is 13.7 Å². The Hall–Kier alpha value is -3.68. The van der Waals surface area contributed by atoms with E-state index in [-0.39, 0.29) is 25.4 Å². The minimum Gasteiger partial charge on any atom is -0.496 e. The van der Waals surface area contributed by atoms with Crippen LogP contribution >= 0.6 is 0 Å². The molecule has 0 aliphatic rings. The molecule has 0 radical (unpaired) electrons. The number of carbonyl (C=O) groups is 2. The van der Waals surface area contributed by atoms with Crippen LogP contribution < -0.4 is 10.1 Å². The van der Waals surface area contributed by atoms with E-state index in [9.17, 15) is 19.8 Å². The van der Waals surface area contributed by atoms with Crippen LogP contribution in [0, 0.1) is 0 Å². The van der Waals surface area contributed by atoms with Crippen molar-refractivity contribution >= 4 is 11.9 Å². The number of aliphatic hydroxyl groups is 1. The molecule has 0 fully saturated rings. The monoisotopic (exact) mass is 491 g/mol. The zero-order valence-corrected chi connectivity index (χ0v) is 20.9. The fraction of sp³-hybridized carbons (Fsp3) is 0.310. The normalized spacial score (nSPS) is 11.2. The number of hydrogen-bond acceptors (Lipinski definition) is 6. The maximum Gasteiger partial charge on any atom is 0.307 e. The van der Waals surface area contributed by atoms with E-state index in [1.807, 2.05) is 54.6 Å². The fourth-order valence-corrected chi connectivity index (χ4v) is 3.86. The van der Waals surface area contributed by atoms with Crippen molar-refractivity contribution in [3.8, 4) is 16.9 Å². The molecule has 0 saturated carbocycles. The molecule has 3 aromatic rings. The van der Waals surface area contributed by atoms with E-state index >= 15 is 0 Å². The van der Waals surface area contributed by atoms with Gasteiger partial charge in [0.25, 0.3) is 0 Å². The van der Waals surface area contributed by atoms with Crippen molar-refractivity contribution in [3.63, 3.8) is 0 Å². The summed E-state index contributed by atoms with van der Waals surface area (Å²) in [5, 5.41) is 23.1. The molecule has 7 heteroatoms. The van der Waals surface area contributed by atoms with Crippen LogP contribution in [0.5, 0.6) is 5.75 Å². The van der Waals surface area contributed by atoms with Gasteiger partial charge in [0.15, 0.2) is 0 Å². The Kier molecular flexibility index (Phi) is 9.22. The Morgan fingerprint density at radius 2 is 1.69 bits per heavy atom. The zero-order valence-electron chi connectivity index (χ0n) is 20.9. The van der Waals surface area contributed by atoms with E-state index in [4.69, 9.17) is 9.47 Å². The predicted octanol–water partition coefficient (Wildman–Crippen LogP) is 4.44. The standard InChI is InChI=1S/C29H33NO6/c1-29(2,34)23-10-11-24(25-15-21(16-27(31)32)9-12-26(25)35-3)22(17-23)18-30-14-13-28(33)36-19-20-7-5-4-6-8-20/h4-12,15,17,30,34H,13-14,16,18-19H2,1-3H3,(H,31,32). The summed E-state index contributed by atoms with van der Waals surface area (Å²) in [4.78, 5) is 23.4. The molecule has 3 N–H and O–H groups in total. The van der Waals surface area contributed by atoms with Crippen molar-refractivity contribution in [2.45, 2.75) is 45.4 Å². The smallest absolute Gasteiger partial charge is 0.307 e. The van der Waals surface area contributed by atoms with Crippen molar-refractivity contribution in [1.29, 1.82) is 0 Å². The van der Waals surface area contributed by atoms with Crippen LogP contribution in [0.25, 0.3) is 11.1 Å². The highest BCUT2D eigenvalue weighted by Gasteiger charge is 2.19. The molecule has 0 bridgehead atoms. The predicted molar refractivity (Wildman–Crippen MR) is 138 cm³/mol. The van der Waals surface area contributed by atoms with E-state index < -0.39 is 11.6 Å². The molecule has 0 aromatic heterocycles. The van der Waals surface area contributed by atoms with Crippen molar-refractivity contribution in [3.05, 3.63) is 89.0 Å². The minimum atomic E-state index is -1.04. The lowest BCUT2D eigenvalue weighted by Crippen LogP contribution is -2.21. The first kappa shape index (κ1) is 26.9. The molecule has 0 heterocycles. The first-order valence-electron chi connectivity index (χ1n) is 11.8. The first-order chi connectivity index (χ1) is 17.2. The van der Waals surface area contributed by atoms with Gasteiger partial charge in [0.1, 0.15) is 12.4 Å². The minimum absolute atomic E-state index is 0.0998. The molecule has 3 rings (SSSR count). The van der Waals surface area contributed by atoms with Gasteiger partial charge in [0, 0.05) is 18.7 Å². The summed E-state index contributed by atoms with van der Waals surface area (Å²) in [7, 11) is 1.57. The van der Waals surface area contributed by atoms with E-state index in [0.29, 0.717) is 24.4 Å². The number of benzene rings is 3. The summed E-state index contributed by atoms with van der Waals surface area (Å²) in [6.45, 7) is 4.52. The van der Waals surface area contributed by atoms with Gasteiger partial charge >= 0.3 is 11.9 Å². The maximum absolute atomic E-state index is 12.2. The molecule has 3 aromatic carbocycles. The van der Waals surface area contributed by atoms with Crippen LogP contribution in [-0.4, -0.2) is 35.8 Å². The second-order valence-corrected chi connectivity index (χ2v) is 9.11. The topological polar surface area (TPSA) is 105 Å². The number of methoxy groups -OCH3 is 1. The quantitative estimate of drug-likeness (QED) is 0.254. The van der Waals surface area contributed by atoms with Gasteiger partial charge in [-0.05, 0) is 53.8 Å². The molecule has 0 spiro atoms. The van der Waals surface area contributed by atoms with E-state index in [1.54, 1.807) is 33.1 Å². The van der Waals surface area contributed by atoms with Gasteiger partial charge < -0.3 is 25.0 Å². The Labute approximate surface area is 211 Å². The third-order valence-electron chi connectivity index (χ3n) is 5.79. The number of carbonyl (C=O) groups excluding carboxylic acids is 1. The van der Waals surface area contributed by atoms with Gasteiger partial charge in [0.2, 0.25) is 0 Å². The van der Waals surface area contributed by atoms with Gasteiger partial charge in [-0.3, -0.25) is 9.59 Å². The van der Waals surface area contributed by atoms with E-state index in [0.717, 1.165) is 27.8 Å². The second-order valence-electron chi connectivity index (χ2n) is 9.11. The molecule has 0 unspecified atom stereocenters. The van der Waals surface area contributed by atoms with Gasteiger partial charge in [0.05, 0.1) is 25.6 Å². The summed E-state index contributed by atoms with van der Waals surface area (Å²) in [6, 6.07) is 20.5. The van der Waals surface area contributed by atoms with Gasteiger partial charge in [-0.1, -0.05) is 54.6 Å². The van der Waals surface area contributed by atoms with Crippen LogP contribution in [-0.2, 0) is 39.5 Å². The van der Waals surface area contributed by atoms with Crippen LogP contribution in [0.4, 0.5) is 0 Å². The molecule has 0 aliphatic carbocycles. The summed E-state index contributed by atoms with van der Waals surface area (Å²) >= 11 is 0. The highest BCUT2D eigenvalue weighted by molar-refractivity contribution is 5.77. The average Bonchev–Trinajstić information content (AvgIpc) is 2.85. The Morgan fingerprint density at radius 1 is 0.944 bits per heavy atom. The van der Waals surface area contributed by atoms with Crippen molar-refractivity contribution in [1.82, 2.24) is 5.32 Å². The lowest BCUT2D eigenvalue weighted by Gasteiger charge is -2.21. The molecule has 36 heavy (non-hydrogen) atoms. The molecular formula is C29H33NO6. The maximum atomic E-state index is 12.2. The number of carboxylic acids is 1. The lowest BCUT2D eigenvalue weighted by atomic mass is 9.90. The van der Waals surface area contributed by atoms with Crippen molar-refractivity contribution in [2.24, 2.45) is 0 Å². The SMILES string of the molecule is COc1ccc(CC(=O)O)cc1-c1ccc(C(C)(C)O)cc1CNCCC(=O)OCc1ccccc1. The summed E-state index contributed by atoms with van der Waals surface area (Å²) in [6.07, 6.45) is 0.113. The molecule has 7 nitrogen and oxygen atoms in total. The number of carboxylic acid groups (broad SMARTS) is 1. The highest BCUT2D eigenvalue weighted by Crippen LogP contribution is 2.35. The molecule has 0 saturated heterocycles. The van der Waals surface area contributed by atoms with Crippen LogP contribution in [0.15, 0.2) is 66.7 Å². The van der Waals surface area contributed by atoms with Gasteiger partial charge in [-0.2, -0.15) is 0 Å². The summed E-state index contributed by atoms with van der Waals surface area (Å²) in [5.41, 5.74) is 3.80. The third-order valence-corrected chi connectivity index (χ3v) is 5.79. The molecule has 0 amide bonds. The summed E-state index contributed by atoms with van der Waals surface area (Å²) in [5.74, 6) is -0.588. The number of hydrogen-bond donors (Lipinski definition) is 3. The lowest BCUT2D eigenvalue weighted by molar-refractivity contribution is -0.144. The molecule has 0 atom stereocenters. The largest absolute Gasteiger partial charge is 0.496 e. The second kappa shape index (κ2) is 12.3. The Balaban J connectivity index is 1.75. The average molecular weight is 492 g/mol. The number of aliphatic carboxylic acids is 1. The molecular weight excluding hydrogens is 458 g/mol. The molecule has 190 valence electrons. The van der Waals surface area contributed by atoms with E-state index in [1.165, 1.54) is 0 Å². The first-order valence-corrected chi connectivity index (χ1v) is 11.8. The third kappa shape index (κ3) is 7.66. The van der Waals surface area contributed by atoms with Gasteiger partial charge in [-0.15, -0.1) is 0 Å². The van der Waals surface area contributed by atoms with Crippen LogP contribution in [0.1, 0.15) is 42.5 Å². The number of nitrogens with one attached hydrogen (secondary N) is 1. The zero-order chi connectivity index (χ0) is 26.1. The number of rotatable bonds is 12.